The number of methoxy groups -OCH3 is 1. The average molecular weight is 427 g/mol. The van der Waals surface area contributed by atoms with Crippen LogP contribution in [0.3, 0.4) is 0 Å². The van der Waals surface area contributed by atoms with E-state index >= 15 is 0 Å². The molecule has 0 radical (unpaired) electrons. The van der Waals surface area contributed by atoms with Crippen molar-refractivity contribution in [2.24, 2.45) is 5.10 Å². The maximum atomic E-state index is 12.9. The molecule has 0 fully saturated rings. The number of nitrogens with one attached hydrogen (secondary N) is 1. The van der Waals surface area contributed by atoms with Gasteiger partial charge in [0.2, 0.25) is 5.91 Å². The van der Waals surface area contributed by atoms with Crippen LogP contribution in [-0.4, -0.2) is 19.2 Å². The summed E-state index contributed by atoms with van der Waals surface area (Å²) in [5.74, 6) is 0.604. The lowest BCUT2D eigenvalue weighted by molar-refractivity contribution is -0.120. The van der Waals surface area contributed by atoms with Crippen LogP contribution in [0.4, 0.5) is 4.39 Å². The number of amides is 1. The topological polar surface area (TPSA) is 59.9 Å². The van der Waals surface area contributed by atoms with Gasteiger partial charge in [-0.1, -0.05) is 35.9 Å². The second kappa shape index (κ2) is 10.4. The van der Waals surface area contributed by atoms with Crippen LogP contribution in [0.1, 0.15) is 16.7 Å². The Hall–Kier alpha value is -3.38. The minimum absolute atomic E-state index is 0.108. The third-order valence-electron chi connectivity index (χ3n) is 4.21. The van der Waals surface area contributed by atoms with Crippen molar-refractivity contribution < 1.29 is 18.7 Å². The molecule has 30 heavy (non-hydrogen) atoms. The van der Waals surface area contributed by atoms with Crippen molar-refractivity contribution in [2.75, 3.05) is 7.11 Å². The average Bonchev–Trinajstić information content (AvgIpc) is 2.75. The van der Waals surface area contributed by atoms with E-state index in [1.165, 1.54) is 18.3 Å². The molecule has 3 rings (SSSR count). The van der Waals surface area contributed by atoms with Crippen molar-refractivity contribution in [3.8, 4) is 11.5 Å². The highest BCUT2D eigenvalue weighted by molar-refractivity contribution is 6.32. The molecule has 0 atom stereocenters. The third-order valence-corrected chi connectivity index (χ3v) is 4.52. The van der Waals surface area contributed by atoms with Crippen LogP contribution in [0.5, 0.6) is 11.5 Å². The van der Waals surface area contributed by atoms with Gasteiger partial charge < -0.3 is 9.47 Å². The van der Waals surface area contributed by atoms with Crippen molar-refractivity contribution >= 4 is 23.7 Å². The predicted molar refractivity (Wildman–Crippen MR) is 115 cm³/mol. The van der Waals surface area contributed by atoms with E-state index in [0.29, 0.717) is 22.1 Å². The molecule has 5 nitrogen and oxygen atoms in total. The highest BCUT2D eigenvalue weighted by Crippen LogP contribution is 2.26. The molecule has 0 saturated carbocycles. The maximum absolute atomic E-state index is 12.9. The minimum Gasteiger partial charge on any atom is -0.496 e. The number of nitrogens with zero attached hydrogens (tertiary/aromatic N) is 1. The number of hydrazone groups is 1. The zero-order valence-electron chi connectivity index (χ0n) is 16.3. The first kappa shape index (κ1) is 21.3. The van der Waals surface area contributed by atoms with Gasteiger partial charge in [0, 0.05) is 5.56 Å². The van der Waals surface area contributed by atoms with Gasteiger partial charge in [-0.2, -0.15) is 5.10 Å². The first-order chi connectivity index (χ1) is 14.5. The molecule has 0 aliphatic heterocycles. The molecule has 3 aromatic carbocycles. The number of hydrogen-bond acceptors (Lipinski definition) is 4. The molecule has 1 amide bonds. The SMILES string of the molecule is COc1ccc(/C=N/NC(=O)Cc2ccc(F)cc2)cc1COc1ccccc1Cl. The zero-order valence-corrected chi connectivity index (χ0v) is 17.0. The largest absolute Gasteiger partial charge is 0.496 e. The number of hydrogen-bond donors (Lipinski definition) is 1. The Bertz CT molecular complexity index is 1040. The standard InChI is InChI=1S/C23H20ClFN2O3/c1-29-21-11-8-17(12-18(21)15-30-22-5-3-2-4-20(22)24)14-26-27-23(28)13-16-6-9-19(25)10-7-16/h2-12,14H,13,15H2,1H3,(H,27,28)/b26-14+. The summed E-state index contributed by atoms with van der Waals surface area (Å²) in [6.45, 7) is 0.255. The first-order valence-electron chi connectivity index (χ1n) is 9.16. The van der Waals surface area contributed by atoms with Crippen molar-refractivity contribution in [1.82, 2.24) is 5.43 Å². The van der Waals surface area contributed by atoms with E-state index in [2.05, 4.69) is 10.5 Å². The van der Waals surface area contributed by atoms with Crippen LogP contribution in [0.2, 0.25) is 5.02 Å². The maximum Gasteiger partial charge on any atom is 0.244 e. The summed E-state index contributed by atoms with van der Waals surface area (Å²) < 4.78 is 24.1. The highest BCUT2D eigenvalue weighted by atomic mass is 35.5. The third kappa shape index (κ3) is 6.06. The number of benzene rings is 3. The summed E-state index contributed by atoms with van der Waals surface area (Å²) in [7, 11) is 1.58. The fourth-order valence-corrected chi connectivity index (χ4v) is 2.91. The molecule has 0 aromatic heterocycles. The number of rotatable bonds is 8. The lowest BCUT2D eigenvalue weighted by Crippen LogP contribution is -2.19. The van der Waals surface area contributed by atoms with E-state index in [1.54, 1.807) is 37.4 Å². The van der Waals surface area contributed by atoms with E-state index in [9.17, 15) is 9.18 Å². The van der Waals surface area contributed by atoms with Crippen molar-refractivity contribution in [1.29, 1.82) is 0 Å². The van der Waals surface area contributed by atoms with Gasteiger partial charge in [-0.3, -0.25) is 4.79 Å². The lowest BCUT2D eigenvalue weighted by Gasteiger charge is -2.12. The van der Waals surface area contributed by atoms with Gasteiger partial charge >= 0.3 is 0 Å². The van der Waals surface area contributed by atoms with Crippen LogP contribution in [-0.2, 0) is 17.8 Å². The summed E-state index contributed by atoms with van der Waals surface area (Å²) in [5, 5.41) is 4.51. The Morgan fingerprint density at radius 3 is 2.60 bits per heavy atom. The van der Waals surface area contributed by atoms with Crippen LogP contribution in [0.15, 0.2) is 71.8 Å². The quantitative estimate of drug-likeness (QED) is 0.417. The lowest BCUT2D eigenvalue weighted by atomic mass is 10.1. The van der Waals surface area contributed by atoms with Crippen LogP contribution >= 0.6 is 11.6 Å². The number of para-hydroxylation sites is 1. The van der Waals surface area contributed by atoms with Crippen LogP contribution in [0.25, 0.3) is 0 Å². The van der Waals surface area contributed by atoms with Crippen molar-refractivity contribution in [3.63, 3.8) is 0 Å². The Morgan fingerprint density at radius 2 is 1.87 bits per heavy atom. The monoisotopic (exact) mass is 426 g/mol. The van der Waals surface area contributed by atoms with Crippen molar-refractivity contribution in [3.05, 3.63) is 94.3 Å². The van der Waals surface area contributed by atoms with E-state index in [0.717, 1.165) is 11.1 Å². The second-order valence-corrected chi connectivity index (χ2v) is 6.79. The number of carbonyl (C=O) groups excluding carboxylic acids is 1. The molecule has 0 saturated heterocycles. The molecule has 0 aliphatic rings. The van der Waals surface area contributed by atoms with Gasteiger partial charge in [0.05, 0.1) is 24.8 Å². The molecule has 0 heterocycles. The van der Waals surface area contributed by atoms with Gasteiger partial charge in [0.1, 0.15) is 23.9 Å². The second-order valence-electron chi connectivity index (χ2n) is 6.39. The Labute approximate surface area is 179 Å². The Kier molecular flexibility index (Phi) is 7.40. The molecule has 0 spiro atoms. The first-order valence-corrected chi connectivity index (χ1v) is 9.53. The van der Waals surface area contributed by atoms with Crippen LogP contribution < -0.4 is 14.9 Å². The van der Waals surface area contributed by atoms with Gasteiger partial charge in [0.25, 0.3) is 0 Å². The summed E-state index contributed by atoms with van der Waals surface area (Å²) in [4.78, 5) is 12.0. The van der Waals surface area contributed by atoms with Crippen LogP contribution in [0, 0.1) is 5.82 Å². The molecule has 7 heteroatoms. The summed E-state index contributed by atoms with van der Waals surface area (Å²) >= 11 is 6.12. The number of halogens is 2. The summed E-state index contributed by atoms with van der Waals surface area (Å²) in [6, 6.07) is 18.4. The van der Waals surface area contributed by atoms with E-state index in [1.807, 2.05) is 24.3 Å². The predicted octanol–water partition coefficient (Wildman–Crippen LogP) is 4.76. The van der Waals surface area contributed by atoms with E-state index in [4.69, 9.17) is 21.1 Å². The fraction of sp³-hybridized carbons (Fsp3) is 0.130. The van der Waals surface area contributed by atoms with E-state index in [-0.39, 0.29) is 24.8 Å². The molecule has 154 valence electrons. The number of carbonyl (C=O) groups is 1. The van der Waals surface area contributed by atoms with Crippen molar-refractivity contribution in [2.45, 2.75) is 13.0 Å². The minimum atomic E-state index is -0.342. The molecule has 0 bridgehead atoms. The smallest absolute Gasteiger partial charge is 0.244 e. The highest BCUT2D eigenvalue weighted by Gasteiger charge is 2.07. The zero-order chi connectivity index (χ0) is 21.3. The van der Waals surface area contributed by atoms with Gasteiger partial charge in [0.15, 0.2) is 0 Å². The van der Waals surface area contributed by atoms with Gasteiger partial charge in [-0.15, -0.1) is 0 Å². The molecule has 1 N–H and O–H groups in total. The molecule has 0 aliphatic carbocycles. The molecule has 0 unspecified atom stereocenters. The summed E-state index contributed by atoms with van der Waals surface area (Å²) in [6.07, 6.45) is 1.64. The van der Waals surface area contributed by atoms with Gasteiger partial charge in [-0.05, 0) is 53.6 Å². The number of ether oxygens (including phenoxy) is 2. The normalized spacial score (nSPS) is 10.8. The molecule has 3 aromatic rings. The molecular weight excluding hydrogens is 407 g/mol. The molecular formula is C23H20ClFN2O3. The van der Waals surface area contributed by atoms with Gasteiger partial charge in [-0.25, -0.2) is 9.82 Å². The van der Waals surface area contributed by atoms with E-state index < -0.39 is 0 Å². The summed E-state index contributed by atoms with van der Waals surface area (Å²) in [5.41, 5.74) is 4.73. The fourth-order valence-electron chi connectivity index (χ4n) is 2.71. The Balaban J connectivity index is 1.61. The Morgan fingerprint density at radius 1 is 1.10 bits per heavy atom.